The highest BCUT2D eigenvalue weighted by atomic mass is 79.9. The molecule has 106 valence electrons. The predicted molar refractivity (Wildman–Crippen MR) is 99.0 cm³/mol. The zero-order chi connectivity index (χ0) is 14.7. The van der Waals surface area contributed by atoms with Crippen LogP contribution in [0.1, 0.15) is 5.01 Å². The first-order chi connectivity index (χ1) is 10.2. The molecule has 0 radical (unpaired) electrons. The van der Waals surface area contributed by atoms with Gasteiger partial charge in [0.1, 0.15) is 5.01 Å². The lowest BCUT2D eigenvalue weighted by atomic mass is 10.2. The Morgan fingerprint density at radius 3 is 2.43 bits per heavy atom. The monoisotopic (exact) mass is 439 g/mol. The van der Waals surface area contributed by atoms with Crippen LogP contribution in [-0.2, 0) is 5.75 Å². The van der Waals surface area contributed by atoms with Crippen LogP contribution in [0.2, 0.25) is 0 Å². The third-order valence-corrected chi connectivity index (χ3v) is 6.65. The summed E-state index contributed by atoms with van der Waals surface area (Å²) in [7, 11) is 0. The first kappa shape index (κ1) is 15.3. The second-order valence-corrected chi connectivity index (χ2v) is 7.99. The van der Waals surface area contributed by atoms with Gasteiger partial charge in [0.15, 0.2) is 0 Å². The Bertz CT molecular complexity index is 755. The van der Waals surface area contributed by atoms with E-state index in [1.807, 2.05) is 24.3 Å². The van der Waals surface area contributed by atoms with E-state index in [0.29, 0.717) is 0 Å². The number of thioether (sulfide) groups is 1. The van der Waals surface area contributed by atoms with Gasteiger partial charge < -0.3 is 0 Å². The van der Waals surface area contributed by atoms with Crippen molar-refractivity contribution in [3.8, 4) is 11.3 Å². The van der Waals surface area contributed by atoms with Crippen LogP contribution in [0, 0.1) is 0 Å². The molecule has 1 nitrogen and oxygen atoms in total. The van der Waals surface area contributed by atoms with Crippen LogP contribution < -0.4 is 0 Å². The van der Waals surface area contributed by atoms with Gasteiger partial charge in [0.2, 0.25) is 0 Å². The topological polar surface area (TPSA) is 12.9 Å². The summed E-state index contributed by atoms with van der Waals surface area (Å²) in [5.74, 6) is 0.887. The van der Waals surface area contributed by atoms with E-state index in [1.165, 1.54) is 4.90 Å². The Hall–Kier alpha value is -0.620. The molecular weight excluding hydrogens is 430 g/mol. The van der Waals surface area contributed by atoms with Gasteiger partial charge in [0.05, 0.1) is 11.4 Å². The van der Waals surface area contributed by atoms with Crippen molar-refractivity contribution >= 4 is 55.0 Å². The molecule has 0 atom stereocenters. The average molecular weight is 441 g/mol. The van der Waals surface area contributed by atoms with Crippen molar-refractivity contribution < 1.29 is 0 Å². The van der Waals surface area contributed by atoms with Crippen LogP contribution in [0.4, 0.5) is 0 Å². The predicted octanol–water partition coefficient (Wildman–Crippen LogP) is 6.63. The Morgan fingerprint density at radius 2 is 1.67 bits per heavy atom. The minimum atomic E-state index is 0.887. The molecule has 0 bridgehead atoms. The zero-order valence-electron chi connectivity index (χ0n) is 10.9. The van der Waals surface area contributed by atoms with Crippen molar-refractivity contribution in [3.05, 3.63) is 67.9 Å². The Morgan fingerprint density at radius 1 is 0.952 bits per heavy atom. The van der Waals surface area contributed by atoms with Crippen LogP contribution in [0.25, 0.3) is 11.3 Å². The Labute approximate surface area is 149 Å². The first-order valence-corrected chi connectivity index (χ1v) is 9.76. The van der Waals surface area contributed by atoms with Gasteiger partial charge in [-0.3, -0.25) is 0 Å². The molecule has 3 aromatic rings. The number of hydrogen-bond acceptors (Lipinski definition) is 3. The van der Waals surface area contributed by atoms with Gasteiger partial charge in [-0.15, -0.1) is 23.1 Å². The maximum Gasteiger partial charge on any atom is 0.104 e. The molecule has 1 aromatic heterocycles. The molecule has 21 heavy (non-hydrogen) atoms. The molecule has 0 saturated heterocycles. The van der Waals surface area contributed by atoms with Crippen LogP contribution in [0.5, 0.6) is 0 Å². The van der Waals surface area contributed by atoms with Crippen molar-refractivity contribution in [2.75, 3.05) is 0 Å². The zero-order valence-corrected chi connectivity index (χ0v) is 15.7. The van der Waals surface area contributed by atoms with E-state index >= 15 is 0 Å². The highest BCUT2D eigenvalue weighted by molar-refractivity contribution is 9.10. The molecule has 2 aromatic carbocycles. The van der Waals surface area contributed by atoms with Crippen molar-refractivity contribution in [2.24, 2.45) is 0 Å². The second kappa shape index (κ2) is 7.09. The largest absolute Gasteiger partial charge is 0.240 e. The van der Waals surface area contributed by atoms with E-state index in [1.54, 1.807) is 23.1 Å². The average Bonchev–Trinajstić information content (AvgIpc) is 2.96. The number of rotatable bonds is 4. The highest BCUT2D eigenvalue weighted by Gasteiger charge is 2.08. The SMILES string of the molecule is Brc1ccccc1SCc1nc(-c2ccccc2Br)cs1. The Balaban J connectivity index is 1.74. The van der Waals surface area contributed by atoms with E-state index in [0.717, 1.165) is 31.0 Å². The van der Waals surface area contributed by atoms with Gasteiger partial charge in [-0.05, 0) is 34.1 Å². The minimum absolute atomic E-state index is 0.887. The van der Waals surface area contributed by atoms with Gasteiger partial charge >= 0.3 is 0 Å². The first-order valence-electron chi connectivity index (χ1n) is 6.30. The molecule has 1 heterocycles. The van der Waals surface area contributed by atoms with E-state index in [-0.39, 0.29) is 0 Å². The maximum absolute atomic E-state index is 4.74. The Kier molecular flexibility index (Phi) is 5.16. The summed E-state index contributed by atoms with van der Waals surface area (Å²) in [5, 5.41) is 3.26. The van der Waals surface area contributed by atoms with Crippen LogP contribution in [0.3, 0.4) is 0 Å². The summed E-state index contributed by atoms with van der Waals surface area (Å²) in [5.41, 5.74) is 2.18. The van der Waals surface area contributed by atoms with Crippen LogP contribution in [0.15, 0.2) is 67.8 Å². The van der Waals surface area contributed by atoms with Gasteiger partial charge in [0.25, 0.3) is 0 Å². The van der Waals surface area contributed by atoms with E-state index in [9.17, 15) is 0 Å². The standard InChI is InChI=1S/C16H11Br2NS2/c17-12-6-2-1-5-11(12)14-9-21-16(19-14)10-20-15-8-4-3-7-13(15)18/h1-9H,10H2. The minimum Gasteiger partial charge on any atom is -0.240 e. The number of nitrogens with zero attached hydrogens (tertiary/aromatic N) is 1. The smallest absolute Gasteiger partial charge is 0.104 e. The van der Waals surface area contributed by atoms with Gasteiger partial charge in [-0.2, -0.15) is 0 Å². The lowest BCUT2D eigenvalue weighted by Crippen LogP contribution is -1.83. The number of benzene rings is 2. The third kappa shape index (κ3) is 3.77. The molecule has 5 heteroatoms. The van der Waals surface area contributed by atoms with Crippen molar-refractivity contribution in [1.29, 1.82) is 0 Å². The fraction of sp³-hybridized carbons (Fsp3) is 0.0625. The summed E-state index contributed by atoms with van der Waals surface area (Å²) in [6.07, 6.45) is 0. The summed E-state index contributed by atoms with van der Waals surface area (Å²) in [6.45, 7) is 0. The number of thiazole rings is 1. The van der Waals surface area contributed by atoms with Crippen molar-refractivity contribution in [3.63, 3.8) is 0 Å². The molecule has 0 unspecified atom stereocenters. The van der Waals surface area contributed by atoms with E-state index < -0.39 is 0 Å². The molecule has 0 aliphatic carbocycles. The van der Waals surface area contributed by atoms with Gasteiger partial charge in [0, 0.05) is 24.8 Å². The normalized spacial score (nSPS) is 10.8. The van der Waals surface area contributed by atoms with Gasteiger partial charge in [-0.25, -0.2) is 4.98 Å². The molecular formula is C16H11Br2NS2. The number of hydrogen-bond donors (Lipinski definition) is 0. The molecule has 0 amide bonds. The summed E-state index contributed by atoms with van der Waals surface area (Å²) in [4.78, 5) is 5.98. The van der Waals surface area contributed by atoms with Gasteiger partial charge in [-0.1, -0.05) is 46.3 Å². The highest BCUT2D eigenvalue weighted by Crippen LogP contribution is 2.33. The molecule has 0 fully saturated rings. The second-order valence-electron chi connectivity index (χ2n) is 4.33. The fourth-order valence-corrected chi connectivity index (χ4v) is 4.74. The van der Waals surface area contributed by atoms with Crippen LogP contribution >= 0.6 is 55.0 Å². The van der Waals surface area contributed by atoms with Crippen molar-refractivity contribution in [2.45, 2.75) is 10.6 Å². The molecule has 0 aliphatic heterocycles. The van der Waals surface area contributed by atoms with Crippen molar-refractivity contribution in [1.82, 2.24) is 4.98 Å². The number of aromatic nitrogens is 1. The molecule has 3 rings (SSSR count). The van der Waals surface area contributed by atoms with E-state index in [2.05, 4.69) is 61.5 Å². The molecule has 0 saturated carbocycles. The molecule has 0 N–H and O–H groups in total. The van der Waals surface area contributed by atoms with Crippen LogP contribution in [-0.4, -0.2) is 4.98 Å². The summed E-state index contributed by atoms with van der Waals surface area (Å²) < 4.78 is 2.22. The third-order valence-electron chi connectivity index (χ3n) is 2.89. The lowest BCUT2D eigenvalue weighted by molar-refractivity contribution is 1.26. The molecule has 0 spiro atoms. The number of halogens is 2. The lowest BCUT2D eigenvalue weighted by Gasteiger charge is -2.02. The quantitative estimate of drug-likeness (QED) is 0.422. The fourth-order valence-electron chi connectivity index (χ4n) is 1.87. The maximum atomic E-state index is 4.74. The molecule has 0 aliphatic rings. The summed E-state index contributed by atoms with van der Waals surface area (Å²) in [6, 6.07) is 16.5. The summed E-state index contributed by atoms with van der Waals surface area (Å²) >= 11 is 10.7. The van der Waals surface area contributed by atoms with E-state index in [4.69, 9.17) is 4.98 Å².